The molecule has 0 radical (unpaired) electrons. The Hall–Kier alpha value is -6.32. The van der Waals surface area contributed by atoms with Gasteiger partial charge in [0.15, 0.2) is 0 Å². The van der Waals surface area contributed by atoms with Crippen LogP contribution in [0.5, 0.6) is 11.5 Å². The largest absolute Gasteiger partial charge is 0.493 e. The minimum Gasteiger partial charge on any atom is -0.493 e. The second-order valence-electron chi connectivity index (χ2n) is 17.6. The fourth-order valence-corrected chi connectivity index (χ4v) is 6.61. The maximum atomic E-state index is 14.1. The summed E-state index contributed by atoms with van der Waals surface area (Å²) in [6.07, 6.45) is -0.429. The lowest BCUT2D eigenvalue weighted by Gasteiger charge is -2.30. The van der Waals surface area contributed by atoms with E-state index in [1.807, 2.05) is 99.6 Å². The van der Waals surface area contributed by atoms with Crippen LogP contribution in [0.2, 0.25) is 0 Å². The normalized spacial score (nSPS) is 15.8. The Bertz CT molecular complexity index is 2130. The fourth-order valence-electron chi connectivity index (χ4n) is 6.61. The molecule has 0 aliphatic carbocycles. The Labute approximate surface area is 391 Å². The minimum atomic E-state index is -1.22. The predicted octanol–water partition coefficient (Wildman–Crippen LogP) is 7.32. The van der Waals surface area contributed by atoms with Crippen molar-refractivity contribution in [1.82, 2.24) is 31.5 Å². The highest BCUT2D eigenvalue weighted by Crippen LogP contribution is 2.40. The molecule has 66 heavy (non-hydrogen) atoms. The molecule has 1 aliphatic heterocycles. The van der Waals surface area contributed by atoms with Crippen LogP contribution in [0.15, 0.2) is 54.6 Å². The van der Waals surface area contributed by atoms with Gasteiger partial charge in [-0.05, 0) is 137 Å². The molecule has 5 N–H and O–H groups in total. The van der Waals surface area contributed by atoms with Crippen LogP contribution in [0.1, 0.15) is 122 Å². The van der Waals surface area contributed by atoms with Gasteiger partial charge in [-0.15, -0.1) is 0 Å². The van der Waals surface area contributed by atoms with Gasteiger partial charge in [-0.1, -0.05) is 43.7 Å². The van der Waals surface area contributed by atoms with Crippen molar-refractivity contribution in [2.75, 3.05) is 39.9 Å². The van der Waals surface area contributed by atoms with Gasteiger partial charge in [0, 0.05) is 36.3 Å². The first-order valence-corrected chi connectivity index (χ1v) is 22.6. The van der Waals surface area contributed by atoms with Gasteiger partial charge in [-0.2, -0.15) is 0 Å². The van der Waals surface area contributed by atoms with Crippen molar-refractivity contribution in [1.29, 1.82) is 0 Å². The number of amides is 6. The summed E-state index contributed by atoms with van der Waals surface area (Å²) < 4.78 is 22.6. The summed E-state index contributed by atoms with van der Waals surface area (Å²) in [5.74, 6) is -0.925. The third-order valence-electron chi connectivity index (χ3n) is 9.44. The summed E-state index contributed by atoms with van der Waals surface area (Å²) in [6, 6.07) is 13.9. The summed E-state index contributed by atoms with van der Waals surface area (Å²) in [4.78, 5) is 78.4. The van der Waals surface area contributed by atoms with Crippen LogP contribution in [-0.2, 0) is 30.3 Å². The van der Waals surface area contributed by atoms with E-state index in [9.17, 15) is 28.8 Å². The number of ether oxygens (including phenoxy) is 4. The van der Waals surface area contributed by atoms with Crippen molar-refractivity contribution < 1.29 is 47.7 Å². The number of carbonyl (C=O) groups is 6. The zero-order valence-electron chi connectivity index (χ0n) is 41.7. The molecule has 4 bridgehead atoms. The SMILES string of the molecule is CC.CCNC(=O)OC(C)(C)C.CCOc1ccc2cc1-c1cc(ccc1OCCNC(=O)OC(C)(C)C)C(N(C)C(=O)CNC(=O)c1ccc(C)cc1C)C(=O)N[C@@H](C)C(=O)NC(C)C2. The Morgan fingerprint density at radius 2 is 1.33 bits per heavy atom. The molecule has 3 atom stereocenters. The van der Waals surface area contributed by atoms with E-state index in [0.717, 1.165) is 16.7 Å². The van der Waals surface area contributed by atoms with Crippen LogP contribution in [0.3, 0.4) is 0 Å². The number of likely N-dealkylation sites (N-methyl/N-ethyl adjacent to an activating group) is 1. The first kappa shape index (κ1) is 55.8. The van der Waals surface area contributed by atoms with Crippen LogP contribution in [0.25, 0.3) is 11.1 Å². The van der Waals surface area contributed by atoms with Crippen molar-refractivity contribution in [3.63, 3.8) is 0 Å². The lowest BCUT2D eigenvalue weighted by molar-refractivity contribution is -0.139. The van der Waals surface area contributed by atoms with Gasteiger partial charge in [0.2, 0.25) is 17.7 Å². The van der Waals surface area contributed by atoms with E-state index in [0.29, 0.717) is 53.3 Å². The molecule has 1 aliphatic rings. The number of carbonyl (C=O) groups excluding carboxylic acids is 6. The molecule has 3 aromatic rings. The molecule has 16 heteroatoms. The first-order chi connectivity index (χ1) is 30.9. The molecule has 6 amide bonds. The zero-order chi connectivity index (χ0) is 49.9. The Morgan fingerprint density at radius 3 is 1.92 bits per heavy atom. The van der Waals surface area contributed by atoms with Gasteiger partial charge in [0.1, 0.15) is 41.4 Å². The second kappa shape index (κ2) is 26.0. The van der Waals surface area contributed by atoms with E-state index in [1.165, 1.54) is 11.9 Å². The molecule has 0 fully saturated rings. The monoisotopic (exact) mass is 919 g/mol. The topological polar surface area (TPSA) is 203 Å². The fraction of sp³-hybridized carbons (Fsp3) is 0.520. The number of benzene rings is 3. The minimum absolute atomic E-state index is 0.0955. The van der Waals surface area contributed by atoms with Gasteiger partial charge in [0.05, 0.1) is 19.7 Å². The van der Waals surface area contributed by atoms with Crippen molar-refractivity contribution >= 4 is 35.8 Å². The maximum Gasteiger partial charge on any atom is 0.407 e. The Morgan fingerprint density at radius 1 is 0.742 bits per heavy atom. The Kier molecular flexibility index (Phi) is 22.0. The van der Waals surface area contributed by atoms with Gasteiger partial charge in [-0.25, -0.2) is 9.59 Å². The first-order valence-electron chi connectivity index (χ1n) is 22.6. The maximum absolute atomic E-state index is 14.1. The highest BCUT2D eigenvalue weighted by molar-refractivity contribution is 5.99. The van der Waals surface area contributed by atoms with E-state index >= 15 is 0 Å². The van der Waals surface area contributed by atoms with Gasteiger partial charge in [-0.3, -0.25) is 19.2 Å². The van der Waals surface area contributed by atoms with Gasteiger partial charge >= 0.3 is 12.2 Å². The average molecular weight is 919 g/mol. The highest BCUT2D eigenvalue weighted by Gasteiger charge is 2.33. The van der Waals surface area contributed by atoms with Gasteiger partial charge in [0.25, 0.3) is 5.91 Å². The third-order valence-corrected chi connectivity index (χ3v) is 9.44. The van der Waals surface area contributed by atoms with Crippen molar-refractivity contribution in [3.8, 4) is 22.6 Å². The lowest BCUT2D eigenvalue weighted by Crippen LogP contribution is -2.52. The molecule has 364 valence electrons. The number of nitrogens with one attached hydrogen (secondary N) is 5. The number of alkyl carbamates (subject to hydrolysis) is 2. The predicted molar refractivity (Wildman–Crippen MR) is 257 cm³/mol. The smallest absolute Gasteiger partial charge is 0.407 e. The molecule has 4 rings (SSSR count). The van der Waals surface area contributed by atoms with E-state index in [4.69, 9.17) is 18.9 Å². The lowest BCUT2D eigenvalue weighted by atomic mass is 9.94. The van der Waals surface area contributed by atoms with E-state index in [1.54, 1.807) is 52.0 Å². The van der Waals surface area contributed by atoms with E-state index in [-0.39, 0.29) is 43.3 Å². The summed E-state index contributed by atoms with van der Waals surface area (Å²) in [5.41, 5.74) is 3.76. The summed E-state index contributed by atoms with van der Waals surface area (Å²) in [5, 5.41) is 13.7. The number of hydrogen-bond acceptors (Lipinski definition) is 10. The van der Waals surface area contributed by atoms with E-state index in [2.05, 4.69) is 26.6 Å². The number of rotatable bonds is 11. The standard InChI is InChI=1S/C41H53N5O8.C7H15NO2.C2H6/c1-10-52-33-15-12-28-20-26(4)44-37(48)27(5)45-39(50)36(46(9)35(47)23-43-38(49)30-14-11-24(2)19-25(30)3)29-13-16-34(32(22-29)31(33)21-28)53-18-17-42-40(51)54-41(6,7)8;1-5-8-6(9)10-7(2,3)4;1-2/h11-16,19,21-22,26-27,36H,10,17-18,20,23H2,1-9H3,(H,42,51)(H,43,49)(H,44,48)(H,45,50);5H2,1-4H3,(H,8,9);1-2H3/t26?,27-,36?;;/m0../s1. The van der Waals surface area contributed by atoms with Crippen molar-refractivity contribution in [3.05, 3.63) is 82.4 Å². The van der Waals surface area contributed by atoms with Crippen LogP contribution in [0.4, 0.5) is 9.59 Å². The van der Waals surface area contributed by atoms with Crippen molar-refractivity contribution in [2.24, 2.45) is 0 Å². The third kappa shape index (κ3) is 18.3. The molecule has 0 aromatic heterocycles. The van der Waals surface area contributed by atoms with Crippen LogP contribution < -0.4 is 36.1 Å². The number of aryl methyl sites for hydroxylation is 2. The second-order valence-corrected chi connectivity index (χ2v) is 17.6. The molecule has 3 aromatic carbocycles. The Balaban J connectivity index is 0.00000110. The molecular weight excluding hydrogens is 845 g/mol. The molecule has 0 spiro atoms. The number of nitrogens with zero attached hydrogens (tertiary/aromatic N) is 1. The van der Waals surface area contributed by atoms with Crippen LogP contribution in [0, 0.1) is 13.8 Å². The average Bonchev–Trinajstić information content (AvgIpc) is 3.21. The molecule has 0 saturated carbocycles. The van der Waals surface area contributed by atoms with E-state index < -0.39 is 41.5 Å². The van der Waals surface area contributed by atoms with Gasteiger partial charge < -0.3 is 50.4 Å². The molecule has 2 unspecified atom stereocenters. The quantitative estimate of drug-likeness (QED) is 0.121. The van der Waals surface area contributed by atoms with Crippen molar-refractivity contribution in [2.45, 2.75) is 133 Å². The highest BCUT2D eigenvalue weighted by atomic mass is 16.6. The molecule has 1 heterocycles. The summed E-state index contributed by atoms with van der Waals surface area (Å²) >= 11 is 0. The summed E-state index contributed by atoms with van der Waals surface area (Å²) in [6.45, 7) is 26.6. The zero-order valence-corrected chi connectivity index (χ0v) is 41.7. The van der Waals surface area contributed by atoms with Crippen LogP contribution in [-0.4, -0.2) is 104 Å². The van der Waals surface area contributed by atoms with Crippen LogP contribution >= 0.6 is 0 Å². The summed E-state index contributed by atoms with van der Waals surface area (Å²) in [7, 11) is 1.48. The number of fused-ring (bicyclic) bond motifs is 5. The molecule has 0 saturated heterocycles. The molecular formula is C50H74N6O10. The molecule has 16 nitrogen and oxygen atoms in total. The number of hydrogen-bond donors (Lipinski definition) is 5.